The molecule has 0 radical (unpaired) electrons. The molecule has 20 heavy (non-hydrogen) atoms. The maximum Gasteiger partial charge on any atom is 0.165 e. The number of para-hydroxylation sites is 1. The molecule has 2 nitrogen and oxygen atoms in total. The fourth-order valence-corrected chi connectivity index (χ4v) is 3.27. The van der Waals surface area contributed by atoms with Gasteiger partial charge in [-0.2, -0.15) is 0 Å². The van der Waals surface area contributed by atoms with Crippen molar-refractivity contribution in [1.82, 2.24) is 0 Å². The number of nitrogens with two attached hydrogens (primary N) is 1. The summed E-state index contributed by atoms with van der Waals surface area (Å²) >= 11 is 4.98. The summed E-state index contributed by atoms with van der Waals surface area (Å²) in [6.45, 7) is 2.39. The Morgan fingerprint density at radius 1 is 1.35 bits per heavy atom. The molecule has 2 N–H and O–H groups in total. The van der Waals surface area contributed by atoms with Crippen molar-refractivity contribution in [1.29, 1.82) is 0 Å². The van der Waals surface area contributed by atoms with Crippen LogP contribution in [0.3, 0.4) is 0 Å². The van der Waals surface area contributed by atoms with Crippen LogP contribution in [0.5, 0.6) is 5.75 Å². The summed E-state index contributed by atoms with van der Waals surface area (Å²) in [5, 5.41) is 0. The lowest BCUT2D eigenvalue weighted by molar-refractivity contribution is 0.289. The Labute approximate surface area is 130 Å². The van der Waals surface area contributed by atoms with E-state index in [4.69, 9.17) is 10.5 Å². The number of hydrogen-bond acceptors (Lipinski definition) is 3. The van der Waals surface area contributed by atoms with Crippen molar-refractivity contribution in [3.05, 3.63) is 50.4 Å². The molecule has 0 aliphatic heterocycles. The van der Waals surface area contributed by atoms with E-state index in [1.165, 1.54) is 6.07 Å². The molecule has 1 unspecified atom stereocenters. The Hall–Kier alpha value is -0.910. The normalized spacial score (nSPS) is 12.4. The summed E-state index contributed by atoms with van der Waals surface area (Å²) < 4.78 is 20.7. The Balaban J connectivity index is 2.12. The summed E-state index contributed by atoms with van der Waals surface area (Å²) in [5.41, 5.74) is 6.78. The van der Waals surface area contributed by atoms with Crippen LogP contribution in [0.4, 0.5) is 4.39 Å². The quantitative estimate of drug-likeness (QED) is 0.825. The van der Waals surface area contributed by atoms with Crippen molar-refractivity contribution in [2.24, 2.45) is 5.73 Å². The van der Waals surface area contributed by atoms with Gasteiger partial charge in [-0.25, -0.2) is 4.39 Å². The van der Waals surface area contributed by atoms with Gasteiger partial charge in [0.1, 0.15) is 6.61 Å². The van der Waals surface area contributed by atoms with Crippen LogP contribution in [-0.2, 0) is 13.0 Å². The zero-order chi connectivity index (χ0) is 14.5. The summed E-state index contributed by atoms with van der Waals surface area (Å²) in [6, 6.07) is 8.93. The first-order valence-electron chi connectivity index (χ1n) is 6.50. The molecule has 1 aromatic carbocycles. The van der Waals surface area contributed by atoms with Gasteiger partial charge in [-0.05, 0) is 52.5 Å². The predicted molar refractivity (Wildman–Crippen MR) is 84.7 cm³/mol. The standard InChI is InChI=1S/C15H17BrFNOS/c1-2-11(18)8-10-4-3-5-13(17)15(10)19-9-12-6-7-14(16)20-12/h3-7,11H,2,8-9,18H2,1H3. The van der Waals surface area contributed by atoms with Crippen LogP contribution in [0.1, 0.15) is 23.8 Å². The van der Waals surface area contributed by atoms with Gasteiger partial charge in [0.15, 0.2) is 11.6 Å². The van der Waals surface area contributed by atoms with Gasteiger partial charge in [-0.15, -0.1) is 11.3 Å². The summed E-state index contributed by atoms with van der Waals surface area (Å²) in [6.07, 6.45) is 1.48. The van der Waals surface area contributed by atoms with Crippen LogP contribution < -0.4 is 10.5 Å². The largest absolute Gasteiger partial charge is 0.485 e. The molecule has 0 aliphatic rings. The van der Waals surface area contributed by atoms with Crippen LogP contribution in [0.2, 0.25) is 0 Å². The monoisotopic (exact) mass is 357 g/mol. The number of halogens is 2. The van der Waals surface area contributed by atoms with Gasteiger partial charge in [0.05, 0.1) is 3.79 Å². The van der Waals surface area contributed by atoms with Gasteiger partial charge in [0, 0.05) is 10.9 Å². The minimum Gasteiger partial charge on any atom is -0.485 e. The third-order valence-corrected chi connectivity index (χ3v) is 4.64. The average Bonchev–Trinajstić information content (AvgIpc) is 2.83. The van der Waals surface area contributed by atoms with Gasteiger partial charge >= 0.3 is 0 Å². The zero-order valence-corrected chi connectivity index (χ0v) is 13.6. The first-order valence-corrected chi connectivity index (χ1v) is 8.11. The van der Waals surface area contributed by atoms with Crippen molar-refractivity contribution in [2.45, 2.75) is 32.4 Å². The topological polar surface area (TPSA) is 35.2 Å². The van der Waals surface area contributed by atoms with Gasteiger partial charge < -0.3 is 10.5 Å². The molecule has 0 spiro atoms. The Morgan fingerprint density at radius 2 is 2.15 bits per heavy atom. The molecule has 0 saturated carbocycles. The maximum absolute atomic E-state index is 13.9. The van der Waals surface area contributed by atoms with Crippen LogP contribution >= 0.6 is 27.3 Å². The second-order valence-corrected chi connectivity index (χ2v) is 7.14. The van der Waals surface area contributed by atoms with Crippen LogP contribution in [-0.4, -0.2) is 6.04 Å². The highest BCUT2D eigenvalue weighted by Crippen LogP contribution is 2.27. The first kappa shape index (κ1) is 15.5. The van der Waals surface area contributed by atoms with E-state index in [1.54, 1.807) is 17.4 Å². The summed E-state index contributed by atoms with van der Waals surface area (Å²) in [4.78, 5) is 1.05. The molecule has 0 aliphatic carbocycles. The molecule has 108 valence electrons. The fourth-order valence-electron chi connectivity index (χ4n) is 1.88. The lowest BCUT2D eigenvalue weighted by Gasteiger charge is -2.14. The fraction of sp³-hybridized carbons (Fsp3) is 0.333. The first-order chi connectivity index (χ1) is 9.60. The van der Waals surface area contributed by atoms with Crippen molar-refractivity contribution in [2.75, 3.05) is 0 Å². The molecule has 1 heterocycles. The molecular weight excluding hydrogens is 341 g/mol. The smallest absolute Gasteiger partial charge is 0.165 e. The predicted octanol–water partition coefficient (Wildman–Crippen LogP) is 4.51. The van der Waals surface area contributed by atoms with E-state index in [-0.39, 0.29) is 11.9 Å². The van der Waals surface area contributed by atoms with Crippen LogP contribution in [0, 0.1) is 5.82 Å². The number of ether oxygens (including phenoxy) is 1. The Morgan fingerprint density at radius 3 is 2.80 bits per heavy atom. The van der Waals surface area contributed by atoms with Crippen LogP contribution in [0.15, 0.2) is 34.1 Å². The molecule has 2 rings (SSSR count). The second kappa shape index (κ2) is 7.20. The molecule has 0 bridgehead atoms. The Bertz CT molecular complexity index is 573. The highest BCUT2D eigenvalue weighted by molar-refractivity contribution is 9.11. The second-order valence-electron chi connectivity index (χ2n) is 4.60. The van der Waals surface area contributed by atoms with E-state index in [1.807, 2.05) is 25.1 Å². The lowest BCUT2D eigenvalue weighted by atomic mass is 10.0. The van der Waals surface area contributed by atoms with Gasteiger partial charge in [0.2, 0.25) is 0 Å². The van der Waals surface area contributed by atoms with Gasteiger partial charge in [0.25, 0.3) is 0 Å². The number of hydrogen-bond donors (Lipinski definition) is 1. The van der Waals surface area contributed by atoms with Crippen molar-refractivity contribution < 1.29 is 9.13 Å². The van der Waals surface area contributed by atoms with E-state index in [9.17, 15) is 4.39 Å². The summed E-state index contributed by atoms with van der Waals surface area (Å²) in [5.74, 6) is -0.0117. The molecule has 1 atom stereocenters. The third kappa shape index (κ3) is 4.04. The molecule has 0 saturated heterocycles. The lowest BCUT2D eigenvalue weighted by Crippen LogP contribution is -2.21. The molecule has 0 amide bonds. The van der Waals surface area contributed by atoms with E-state index in [0.29, 0.717) is 18.8 Å². The molecule has 0 fully saturated rings. The van der Waals surface area contributed by atoms with Gasteiger partial charge in [-0.1, -0.05) is 19.1 Å². The van der Waals surface area contributed by atoms with Crippen LogP contribution in [0.25, 0.3) is 0 Å². The third-order valence-electron chi connectivity index (χ3n) is 3.04. The SMILES string of the molecule is CCC(N)Cc1cccc(F)c1OCc1ccc(Br)s1. The maximum atomic E-state index is 13.9. The number of rotatable bonds is 6. The minimum atomic E-state index is -0.332. The number of thiophene rings is 1. The molecule has 2 aromatic rings. The van der Waals surface area contributed by atoms with Crippen molar-refractivity contribution in [3.8, 4) is 5.75 Å². The minimum absolute atomic E-state index is 0.0232. The van der Waals surface area contributed by atoms with Crippen molar-refractivity contribution >= 4 is 27.3 Å². The molecular formula is C15H17BrFNOS. The number of benzene rings is 1. The van der Waals surface area contributed by atoms with E-state index in [2.05, 4.69) is 15.9 Å². The van der Waals surface area contributed by atoms with Gasteiger partial charge in [-0.3, -0.25) is 0 Å². The van der Waals surface area contributed by atoms with E-state index >= 15 is 0 Å². The highest BCUT2D eigenvalue weighted by atomic mass is 79.9. The molecule has 1 aromatic heterocycles. The van der Waals surface area contributed by atoms with Crippen molar-refractivity contribution in [3.63, 3.8) is 0 Å². The average molecular weight is 358 g/mol. The molecule has 5 heteroatoms. The highest BCUT2D eigenvalue weighted by Gasteiger charge is 2.13. The van der Waals surface area contributed by atoms with E-state index < -0.39 is 0 Å². The van der Waals surface area contributed by atoms with E-state index in [0.717, 1.165) is 20.6 Å². The zero-order valence-electron chi connectivity index (χ0n) is 11.2. The summed E-state index contributed by atoms with van der Waals surface area (Å²) in [7, 11) is 0. The Kier molecular flexibility index (Phi) is 5.57.